The van der Waals surface area contributed by atoms with E-state index in [0.29, 0.717) is 13.2 Å². The Labute approximate surface area is 156 Å². The lowest BCUT2D eigenvalue weighted by atomic mass is 10.1. The Balaban J connectivity index is 0.00000242. The minimum absolute atomic E-state index is 0. The molecule has 0 saturated carbocycles. The topological polar surface area (TPSA) is 35.9 Å². The van der Waals surface area contributed by atoms with Crippen LogP contribution in [-0.2, 0) is 0 Å². The summed E-state index contributed by atoms with van der Waals surface area (Å²) in [6, 6.07) is 3.83. The predicted octanol–water partition coefficient (Wildman–Crippen LogP) is 2.79. The standard InChI is InChI=1S/C16H25ClN2O2.2ClH/c1-12-8-15(9-13(2)16(12)17)21-11-14(20)10-19-6-4-18(3)5-7-19;;/h8-9,14,20H,4-7,10-11H2,1-3H3;2*1H. The quantitative estimate of drug-likeness (QED) is 0.845. The molecule has 134 valence electrons. The fourth-order valence-electron chi connectivity index (χ4n) is 2.56. The lowest BCUT2D eigenvalue weighted by Gasteiger charge is -2.33. The number of benzene rings is 1. The smallest absolute Gasteiger partial charge is 0.120 e. The van der Waals surface area contributed by atoms with E-state index >= 15 is 0 Å². The van der Waals surface area contributed by atoms with Crippen LogP contribution in [0, 0.1) is 13.8 Å². The molecule has 1 heterocycles. The van der Waals surface area contributed by atoms with Crippen LogP contribution in [0.25, 0.3) is 0 Å². The number of ether oxygens (including phenoxy) is 1. The first-order valence-electron chi connectivity index (χ1n) is 7.44. The van der Waals surface area contributed by atoms with E-state index in [9.17, 15) is 5.11 Å². The maximum atomic E-state index is 10.1. The van der Waals surface area contributed by atoms with Crippen molar-refractivity contribution in [3.05, 3.63) is 28.3 Å². The highest BCUT2D eigenvalue weighted by atomic mass is 35.5. The number of rotatable bonds is 5. The maximum Gasteiger partial charge on any atom is 0.120 e. The van der Waals surface area contributed by atoms with E-state index < -0.39 is 6.10 Å². The molecule has 4 nitrogen and oxygen atoms in total. The van der Waals surface area contributed by atoms with Gasteiger partial charge in [-0.25, -0.2) is 0 Å². The zero-order valence-corrected chi connectivity index (χ0v) is 16.3. The second-order valence-electron chi connectivity index (χ2n) is 5.94. The SMILES string of the molecule is Cc1cc(OCC(O)CN2CCN(C)CC2)cc(C)c1Cl.Cl.Cl. The van der Waals surface area contributed by atoms with Crippen molar-refractivity contribution < 1.29 is 9.84 Å². The molecule has 7 heteroatoms. The van der Waals surface area contributed by atoms with Crippen molar-refractivity contribution in [2.45, 2.75) is 20.0 Å². The summed E-state index contributed by atoms with van der Waals surface area (Å²) in [7, 11) is 2.13. The van der Waals surface area contributed by atoms with Crippen molar-refractivity contribution in [2.75, 3.05) is 46.4 Å². The van der Waals surface area contributed by atoms with E-state index in [1.165, 1.54) is 0 Å². The minimum atomic E-state index is -0.468. The van der Waals surface area contributed by atoms with E-state index in [4.69, 9.17) is 16.3 Å². The molecule has 1 atom stereocenters. The van der Waals surface area contributed by atoms with Crippen molar-refractivity contribution in [3.63, 3.8) is 0 Å². The van der Waals surface area contributed by atoms with Crippen LogP contribution < -0.4 is 4.74 Å². The lowest BCUT2D eigenvalue weighted by Crippen LogP contribution is -2.47. The second-order valence-corrected chi connectivity index (χ2v) is 6.32. The van der Waals surface area contributed by atoms with Crippen LogP contribution in [0.5, 0.6) is 5.75 Å². The van der Waals surface area contributed by atoms with Gasteiger partial charge in [0.05, 0.1) is 0 Å². The first kappa shape index (κ1) is 22.8. The summed E-state index contributed by atoms with van der Waals surface area (Å²) < 4.78 is 5.70. The van der Waals surface area contributed by atoms with Crippen molar-refractivity contribution in [1.82, 2.24) is 9.80 Å². The molecule has 0 amide bonds. The number of hydrogen-bond acceptors (Lipinski definition) is 4. The highest BCUT2D eigenvalue weighted by Gasteiger charge is 2.17. The molecule has 0 aliphatic carbocycles. The van der Waals surface area contributed by atoms with Crippen LogP contribution in [0.1, 0.15) is 11.1 Å². The van der Waals surface area contributed by atoms with Crippen molar-refractivity contribution >= 4 is 36.4 Å². The Morgan fingerprint density at radius 3 is 2.17 bits per heavy atom. The van der Waals surface area contributed by atoms with Crippen LogP contribution in [0.15, 0.2) is 12.1 Å². The molecule has 0 aromatic heterocycles. The third-order valence-corrected chi connectivity index (χ3v) is 4.51. The summed E-state index contributed by atoms with van der Waals surface area (Å²) in [5, 5.41) is 10.9. The summed E-state index contributed by atoms with van der Waals surface area (Å²) in [5.74, 6) is 0.770. The van der Waals surface area contributed by atoms with Gasteiger partial charge in [-0.05, 0) is 44.2 Å². The Hall–Kier alpha value is -0.230. The number of aliphatic hydroxyl groups excluding tert-OH is 1. The molecule has 0 bridgehead atoms. The molecule has 1 aromatic carbocycles. The number of β-amino-alcohol motifs (C(OH)–C–C–N with tert-alkyl or cyclic N) is 1. The number of halogens is 3. The molecule has 0 radical (unpaired) electrons. The van der Waals surface area contributed by atoms with Crippen LogP contribution >= 0.6 is 36.4 Å². The summed E-state index contributed by atoms with van der Waals surface area (Å²) in [5.41, 5.74) is 2.00. The van der Waals surface area contributed by atoms with E-state index in [-0.39, 0.29) is 24.8 Å². The van der Waals surface area contributed by atoms with Gasteiger partial charge in [0.25, 0.3) is 0 Å². The first-order chi connectivity index (χ1) is 9.95. The van der Waals surface area contributed by atoms with Gasteiger partial charge in [0.15, 0.2) is 0 Å². The lowest BCUT2D eigenvalue weighted by molar-refractivity contribution is 0.0504. The van der Waals surface area contributed by atoms with Crippen LogP contribution in [0.3, 0.4) is 0 Å². The highest BCUT2D eigenvalue weighted by molar-refractivity contribution is 6.32. The maximum absolute atomic E-state index is 10.1. The van der Waals surface area contributed by atoms with Crippen LogP contribution in [-0.4, -0.2) is 67.4 Å². The summed E-state index contributed by atoms with van der Waals surface area (Å²) in [4.78, 5) is 4.59. The van der Waals surface area contributed by atoms with Gasteiger partial charge in [-0.2, -0.15) is 0 Å². The van der Waals surface area contributed by atoms with E-state index in [0.717, 1.165) is 48.1 Å². The zero-order chi connectivity index (χ0) is 15.4. The molecule has 1 aliphatic rings. The number of likely N-dealkylation sites (N-methyl/N-ethyl adjacent to an activating group) is 1. The van der Waals surface area contributed by atoms with Gasteiger partial charge >= 0.3 is 0 Å². The summed E-state index contributed by atoms with van der Waals surface area (Å²) >= 11 is 6.14. The minimum Gasteiger partial charge on any atom is -0.491 e. The fourth-order valence-corrected chi connectivity index (χ4v) is 2.67. The van der Waals surface area contributed by atoms with Crippen LogP contribution in [0.2, 0.25) is 5.02 Å². The molecule has 1 aliphatic heterocycles. The van der Waals surface area contributed by atoms with Gasteiger partial charge in [-0.3, -0.25) is 4.90 Å². The average molecular weight is 386 g/mol. The molecular formula is C16H27Cl3N2O2. The number of aliphatic hydroxyl groups is 1. The van der Waals surface area contributed by atoms with Gasteiger partial charge in [-0.1, -0.05) is 11.6 Å². The number of aryl methyl sites for hydroxylation is 2. The highest BCUT2D eigenvalue weighted by Crippen LogP contribution is 2.25. The summed E-state index contributed by atoms with van der Waals surface area (Å²) in [6.45, 7) is 9.03. The molecule has 1 aromatic rings. The Kier molecular flexibility index (Phi) is 10.5. The zero-order valence-electron chi connectivity index (χ0n) is 13.9. The van der Waals surface area contributed by atoms with Gasteiger partial charge in [-0.15, -0.1) is 24.8 Å². The molecule has 2 rings (SSSR count). The molecule has 1 unspecified atom stereocenters. The molecular weight excluding hydrogens is 359 g/mol. The Morgan fingerprint density at radius 2 is 1.65 bits per heavy atom. The second kappa shape index (κ2) is 10.6. The Morgan fingerprint density at radius 1 is 1.13 bits per heavy atom. The van der Waals surface area contributed by atoms with Crippen molar-refractivity contribution in [2.24, 2.45) is 0 Å². The monoisotopic (exact) mass is 384 g/mol. The molecule has 1 fully saturated rings. The molecule has 1 N–H and O–H groups in total. The van der Waals surface area contributed by atoms with E-state index in [1.807, 2.05) is 26.0 Å². The van der Waals surface area contributed by atoms with Gasteiger partial charge < -0.3 is 14.7 Å². The van der Waals surface area contributed by atoms with Gasteiger partial charge in [0.2, 0.25) is 0 Å². The predicted molar refractivity (Wildman–Crippen MR) is 101 cm³/mol. The largest absolute Gasteiger partial charge is 0.491 e. The molecule has 23 heavy (non-hydrogen) atoms. The number of nitrogens with zero attached hydrogens (tertiary/aromatic N) is 2. The summed E-state index contributed by atoms with van der Waals surface area (Å²) in [6.07, 6.45) is -0.468. The average Bonchev–Trinajstić information content (AvgIpc) is 2.45. The number of hydrogen-bond donors (Lipinski definition) is 1. The van der Waals surface area contributed by atoms with Crippen molar-refractivity contribution in [3.8, 4) is 5.75 Å². The third-order valence-electron chi connectivity index (χ3n) is 3.92. The number of piperazine rings is 1. The van der Waals surface area contributed by atoms with Crippen LogP contribution in [0.4, 0.5) is 0 Å². The van der Waals surface area contributed by atoms with E-state index in [2.05, 4.69) is 16.8 Å². The molecule has 1 saturated heterocycles. The molecule has 0 spiro atoms. The van der Waals surface area contributed by atoms with E-state index in [1.54, 1.807) is 0 Å². The first-order valence-corrected chi connectivity index (χ1v) is 7.82. The third kappa shape index (κ3) is 7.04. The normalized spacial score (nSPS) is 17.1. The van der Waals surface area contributed by atoms with Crippen molar-refractivity contribution in [1.29, 1.82) is 0 Å². The van der Waals surface area contributed by atoms with Gasteiger partial charge in [0, 0.05) is 37.7 Å². The Bertz CT molecular complexity index is 457. The van der Waals surface area contributed by atoms with Gasteiger partial charge in [0.1, 0.15) is 18.5 Å². The fraction of sp³-hybridized carbons (Fsp3) is 0.625.